The molecule has 0 radical (unpaired) electrons. The highest BCUT2D eigenvalue weighted by Gasteiger charge is 2.38. The summed E-state index contributed by atoms with van der Waals surface area (Å²) in [7, 11) is 1.70. The summed E-state index contributed by atoms with van der Waals surface area (Å²) in [6.45, 7) is 5.36. The number of hydrogen-bond donors (Lipinski definition) is 0. The fraction of sp³-hybridized carbons (Fsp3) is 0.692. The summed E-state index contributed by atoms with van der Waals surface area (Å²) >= 11 is 6.24. The highest BCUT2D eigenvalue weighted by molar-refractivity contribution is 6.30. The summed E-state index contributed by atoms with van der Waals surface area (Å²) in [6.07, 6.45) is 2.38. The molecule has 100 valence electrons. The average molecular weight is 271 g/mol. The molecule has 0 aliphatic carbocycles. The third-order valence-corrected chi connectivity index (χ3v) is 3.93. The van der Waals surface area contributed by atoms with E-state index >= 15 is 0 Å². The van der Waals surface area contributed by atoms with Crippen LogP contribution in [0.1, 0.15) is 36.8 Å². The maximum atomic E-state index is 6.24. The van der Waals surface area contributed by atoms with Crippen LogP contribution in [0.4, 0.5) is 0 Å². The monoisotopic (exact) mass is 270 g/mol. The lowest BCUT2D eigenvalue weighted by Gasteiger charge is -2.34. The Morgan fingerprint density at radius 3 is 2.50 bits per heavy atom. The van der Waals surface area contributed by atoms with Gasteiger partial charge in [-0.1, -0.05) is 18.5 Å². The molecule has 1 aromatic heterocycles. The summed E-state index contributed by atoms with van der Waals surface area (Å²) in [5.74, 6) is 0.688. The second-order valence-electron chi connectivity index (χ2n) is 4.57. The maximum absolute atomic E-state index is 6.24. The topological polar surface area (TPSA) is 44.2 Å². The van der Waals surface area contributed by atoms with Gasteiger partial charge in [-0.3, -0.25) is 0 Å². The van der Waals surface area contributed by atoms with E-state index in [2.05, 4.69) is 16.9 Å². The second-order valence-corrected chi connectivity index (χ2v) is 4.92. The Morgan fingerprint density at radius 2 is 2.00 bits per heavy atom. The summed E-state index contributed by atoms with van der Waals surface area (Å²) in [6, 6.07) is 0. The van der Waals surface area contributed by atoms with Crippen molar-refractivity contribution in [2.45, 2.75) is 38.7 Å². The first-order valence-corrected chi connectivity index (χ1v) is 6.67. The van der Waals surface area contributed by atoms with Crippen LogP contribution >= 0.6 is 11.6 Å². The van der Waals surface area contributed by atoms with Crippen LogP contribution in [-0.4, -0.2) is 30.3 Å². The van der Waals surface area contributed by atoms with Crippen LogP contribution in [0, 0.1) is 6.92 Å². The quantitative estimate of drug-likeness (QED) is 0.792. The van der Waals surface area contributed by atoms with Crippen LogP contribution in [0.2, 0.25) is 5.15 Å². The number of methoxy groups -OCH3 is 1. The molecule has 1 aliphatic heterocycles. The van der Waals surface area contributed by atoms with Crippen molar-refractivity contribution in [2.75, 3.05) is 20.3 Å². The molecule has 1 aliphatic rings. The minimum Gasteiger partial charge on any atom is -0.381 e. The van der Waals surface area contributed by atoms with Crippen molar-refractivity contribution in [3.63, 3.8) is 0 Å². The van der Waals surface area contributed by atoms with Crippen molar-refractivity contribution in [1.82, 2.24) is 9.97 Å². The molecule has 4 nitrogen and oxygen atoms in total. The van der Waals surface area contributed by atoms with E-state index in [9.17, 15) is 0 Å². The molecule has 0 unspecified atom stereocenters. The zero-order valence-corrected chi connectivity index (χ0v) is 11.9. The molecule has 0 atom stereocenters. The smallest absolute Gasteiger partial charge is 0.162 e. The summed E-state index contributed by atoms with van der Waals surface area (Å²) < 4.78 is 11.1. The molecule has 0 amide bonds. The van der Waals surface area contributed by atoms with Crippen molar-refractivity contribution >= 4 is 11.6 Å². The predicted octanol–water partition coefficient (Wildman–Crippen LogP) is 2.65. The number of aromatic nitrogens is 2. The van der Waals surface area contributed by atoms with Crippen molar-refractivity contribution < 1.29 is 9.47 Å². The Kier molecular flexibility index (Phi) is 4.20. The minimum absolute atomic E-state index is 0.446. The molecule has 18 heavy (non-hydrogen) atoms. The van der Waals surface area contributed by atoms with E-state index in [0.29, 0.717) is 24.2 Å². The van der Waals surface area contributed by atoms with Crippen LogP contribution in [0.5, 0.6) is 0 Å². The van der Waals surface area contributed by atoms with Gasteiger partial charge in [0, 0.05) is 44.4 Å². The molecule has 2 rings (SSSR count). The first-order chi connectivity index (χ1) is 8.63. The van der Waals surface area contributed by atoms with E-state index in [1.165, 1.54) is 0 Å². The van der Waals surface area contributed by atoms with Crippen LogP contribution < -0.4 is 0 Å². The molecule has 0 spiro atoms. The molecule has 0 N–H and O–H groups in total. The van der Waals surface area contributed by atoms with Gasteiger partial charge in [-0.15, -0.1) is 0 Å². The number of nitrogens with zero attached hydrogens (tertiary/aromatic N) is 2. The molecular weight excluding hydrogens is 252 g/mol. The van der Waals surface area contributed by atoms with Gasteiger partial charge in [0.1, 0.15) is 10.8 Å². The Bertz CT molecular complexity index is 408. The van der Waals surface area contributed by atoms with Crippen LogP contribution in [0.15, 0.2) is 0 Å². The van der Waals surface area contributed by atoms with E-state index in [1.54, 1.807) is 7.11 Å². The Hall–Kier alpha value is -0.710. The van der Waals surface area contributed by atoms with Gasteiger partial charge in [-0.25, -0.2) is 9.97 Å². The lowest BCUT2D eigenvalue weighted by Crippen LogP contribution is -2.37. The van der Waals surface area contributed by atoms with Crippen molar-refractivity contribution in [3.8, 4) is 0 Å². The van der Waals surface area contributed by atoms with Crippen LogP contribution in [-0.2, 0) is 21.5 Å². The third kappa shape index (κ3) is 2.37. The fourth-order valence-electron chi connectivity index (χ4n) is 2.39. The molecule has 1 fully saturated rings. The SMILES string of the molecule is CCc1c(C)nc(C2(OC)CCOCC2)nc1Cl. The van der Waals surface area contributed by atoms with Gasteiger partial charge in [-0.05, 0) is 13.3 Å². The molecule has 2 heterocycles. The molecule has 1 aromatic rings. The zero-order chi connectivity index (χ0) is 13.2. The number of hydrogen-bond acceptors (Lipinski definition) is 4. The van der Waals surface area contributed by atoms with Crippen LogP contribution in [0.3, 0.4) is 0 Å². The van der Waals surface area contributed by atoms with Gasteiger partial charge in [0.15, 0.2) is 5.82 Å². The lowest BCUT2D eigenvalue weighted by atomic mass is 9.92. The van der Waals surface area contributed by atoms with Gasteiger partial charge in [-0.2, -0.15) is 0 Å². The standard InChI is InChI=1S/C13H19ClN2O2/c1-4-10-9(2)15-12(16-11(10)14)13(17-3)5-7-18-8-6-13/h4-8H2,1-3H3. The molecular formula is C13H19ClN2O2. The number of halogens is 1. The predicted molar refractivity (Wildman–Crippen MR) is 69.9 cm³/mol. The van der Waals surface area contributed by atoms with E-state index in [4.69, 9.17) is 21.1 Å². The Labute approximate surface area is 113 Å². The first-order valence-electron chi connectivity index (χ1n) is 6.29. The maximum Gasteiger partial charge on any atom is 0.162 e. The van der Waals surface area contributed by atoms with E-state index in [0.717, 1.165) is 30.5 Å². The minimum atomic E-state index is -0.446. The van der Waals surface area contributed by atoms with Crippen molar-refractivity contribution in [1.29, 1.82) is 0 Å². The zero-order valence-electron chi connectivity index (χ0n) is 11.1. The molecule has 5 heteroatoms. The first kappa shape index (κ1) is 13.7. The van der Waals surface area contributed by atoms with E-state index < -0.39 is 5.60 Å². The molecule has 0 saturated carbocycles. The molecule has 0 bridgehead atoms. The summed E-state index contributed by atoms with van der Waals surface area (Å²) in [5.41, 5.74) is 1.51. The average Bonchev–Trinajstić information content (AvgIpc) is 2.39. The van der Waals surface area contributed by atoms with Crippen molar-refractivity contribution in [2.24, 2.45) is 0 Å². The number of rotatable bonds is 3. The van der Waals surface area contributed by atoms with Gasteiger partial charge in [0.05, 0.1) is 0 Å². The van der Waals surface area contributed by atoms with E-state index in [-0.39, 0.29) is 0 Å². The normalized spacial score (nSPS) is 18.9. The summed E-state index contributed by atoms with van der Waals surface area (Å²) in [4.78, 5) is 9.04. The van der Waals surface area contributed by atoms with Gasteiger partial charge >= 0.3 is 0 Å². The fourth-order valence-corrected chi connectivity index (χ4v) is 2.74. The van der Waals surface area contributed by atoms with Gasteiger partial charge in [0.25, 0.3) is 0 Å². The van der Waals surface area contributed by atoms with Gasteiger partial charge < -0.3 is 9.47 Å². The second kappa shape index (κ2) is 5.51. The Balaban J connectivity index is 2.43. The Morgan fingerprint density at radius 1 is 1.33 bits per heavy atom. The van der Waals surface area contributed by atoms with Crippen LogP contribution in [0.25, 0.3) is 0 Å². The van der Waals surface area contributed by atoms with Gasteiger partial charge in [0.2, 0.25) is 0 Å². The molecule has 0 aromatic carbocycles. The largest absolute Gasteiger partial charge is 0.381 e. The highest BCUT2D eigenvalue weighted by atomic mass is 35.5. The van der Waals surface area contributed by atoms with Crippen molar-refractivity contribution in [3.05, 3.63) is 22.2 Å². The van der Waals surface area contributed by atoms with E-state index in [1.807, 2.05) is 6.92 Å². The molecule has 1 saturated heterocycles. The highest BCUT2D eigenvalue weighted by Crippen LogP contribution is 2.34. The number of aryl methyl sites for hydroxylation is 1. The number of ether oxygens (including phenoxy) is 2. The summed E-state index contributed by atoms with van der Waals surface area (Å²) in [5, 5.41) is 0.544. The lowest BCUT2D eigenvalue weighted by molar-refractivity contribution is -0.100. The third-order valence-electron chi connectivity index (χ3n) is 3.62.